The molecule has 0 aromatic heterocycles. The summed E-state index contributed by atoms with van der Waals surface area (Å²) in [7, 11) is 0. The highest BCUT2D eigenvalue weighted by molar-refractivity contribution is 14.1. The number of rotatable bonds is 1. The fraction of sp³-hybridized carbons (Fsp3) is 0.250. The van der Waals surface area contributed by atoms with Crippen molar-refractivity contribution in [3.8, 4) is 0 Å². The lowest BCUT2D eigenvalue weighted by Gasteiger charge is -2.04. The number of halogens is 3. The molecule has 1 unspecified atom stereocenters. The molecule has 60 valence electrons. The van der Waals surface area contributed by atoms with Gasteiger partial charge in [-0.25, -0.2) is 4.39 Å². The molecule has 0 radical (unpaired) electrons. The minimum Gasteiger partial charge on any atom is -0.207 e. The van der Waals surface area contributed by atoms with Crippen LogP contribution >= 0.6 is 45.2 Å². The third kappa shape index (κ3) is 2.54. The Balaban J connectivity index is 3.13. The molecule has 11 heavy (non-hydrogen) atoms. The largest absolute Gasteiger partial charge is 0.207 e. The molecule has 0 spiro atoms. The molecule has 1 aromatic carbocycles. The predicted molar refractivity (Wildman–Crippen MR) is 61.6 cm³/mol. The van der Waals surface area contributed by atoms with Gasteiger partial charge >= 0.3 is 0 Å². The number of alkyl halides is 1. The van der Waals surface area contributed by atoms with Gasteiger partial charge in [0.05, 0.1) is 0 Å². The maximum atomic E-state index is 13.0. The van der Waals surface area contributed by atoms with E-state index < -0.39 is 0 Å². The topological polar surface area (TPSA) is 0 Å². The minimum absolute atomic E-state index is 0.104. The number of benzene rings is 1. The highest BCUT2D eigenvalue weighted by Crippen LogP contribution is 2.26. The van der Waals surface area contributed by atoms with E-state index in [1.165, 1.54) is 6.07 Å². The molecule has 3 heteroatoms. The van der Waals surface area contributed by atoms with E-state index in [-0.39, 0.29) is 9.74 Å². The first kappa shape index (κ1) is 9.70. The first-order valence-electron chi connectivity index (χ1n) is 3.20. The van der Waals surface area contributed by atoms with Gasteiger partial charge in [-0.1, -0.05) is 22.6 Å². The quantitative estimate of drug-likeness (QED) is 0.515. The van der Waals surface area contributed by atoms with Crippen LogP contribution in [0.5, 0.6) is 0 Å². The van der Waals surface area contributed by atoms with E-state index in [0.29, 0.717) is 0 Å². The summed E-state index contributed by atoms with van der Waals surface area (Å²) >= 11 is 4.39. The second-order valence-electron chi connectivity index (χ2n) is 2.28. The highest BCUT2D eigenvalue weighted by Gasteiger charge is 2.06. The fourth-order valence-corrected chi connectivity index (χ4v) is 1.81. The zero-order chi connectivity index (χ0) is 8.43. The third-order valence-electron chi connectivity index (χ3n) is 1.39. The predicted octanol–water partition coefficient (Wildman–Crippen LogP) is 3.93. The van der Waals surface area contributed by atoms with E-state index in [0.717, 1.165) is 9.13 Å². The van der Waals surface area contributed by atoms with Crippen molar-refractivity contribution in [1.29, 1.82) is 0 Å². The lowest BCUT2D eigenvalue weighted by molar-refractivity contribution is 0.612. The van der Waals surface area contributed by atoms with Gasteiger partial charge in [0.15, 0.2) is 0 Å². The standard InChI is InChI=1S/C8H7FI2/c1-5(10)7-4-6(11)2-3-8(7)9/h2-5H,1H3. The Morgan fingerprint density at radius 2 is 2.09 bits per heavy atom. The summed E-state index contributed by atoms with van der Waals surface area (Å²) < 4.78 is 14.3. The van der Waals surface area contributed by atoms with Crippen molar-refractivity contribution in [2.24, 2.45) is 0 Å². The van der Waals surface area contributed by atoms with Crippen LogP contribution in [-0.2, 0) is 0 Å². The van der Waals surface area contributed by atoms with Crippen LogP contribution in [0.25, 0.3) is 0 Å². The molecule has 1 aromatic rings. The van der Waals surface area contributed by atoms with Crippen LogP contribution in [0.2, 0.25) is 0 Å². The summed E-state index contributed by atoms with van der Waals surface area (Å²) in [4.78, 5) is 0. The van der Waals surface area contributed by atoms with Gasteiger partial charge in [-0.05, 0) is 47.7 Å². The Kier molecular flexibility index (Phi) is 3.54. The van der Waals surface area contributed by atoms with Gasteiger partial charge in [-0.3, -0.25) is 0 Å². The van der Waals surface area contributed by atoms with Crippen LogP contribution < -0.4 is 0 Å². The Labute approximate surface area is 92.9 Å². The summed E-state index contributed by atoms with van der Waals surface area (Å²) in [6.45, 7) is 1.98. The molecule has 0 heterocycles. The van der Waals surface area contributed by atoms with Gasteiger partial charge < -0.3 is 0 Å². The van der Waals surface area contributed by atoms with Crippen LogP contribution in [-0.4, -0.2) is 0 Å². The van der Waals surface area contributed by atoms with Crippen LogP contribution in [0.15, 0.2) is 18.2 Å². The number of hydrogen-bond acceptors (Lipinski definition) is 0. The maximum absolute atomic E-state index is 13.0. The highest BCUT2D eigenvalue weighted by atomic mass is 127. The van der Waals surface area contributed by atoms with Gasteiger partial charge in [0.25, 0.3) is 0 Å². The van der Waals surface area contributed by atoms with Gasteiger partial charge in [0, 0.05) is 13.1 Å². The summed E-state index contributed by atoms with van der Waals surface area (Å²) in [5, 5.41) is 0. The molecular formula is C8H7FI2. The van der Waals surface area contributed by atoms with Crippen molar-refractivity contribution >= 4 is 45.2 Å². The lowest BCUT2D eigenvalue weighted by Crippen LogP contribution is -1.90. The van der Waals surface area contributed by atoms with Crippen molar-refractivity contribution in [2.75, 3.05) is 0 Å². The molecular weight excluding hydrogens is 369 g/mol. The molecule has 1 atom stereocenters. The summed E-state index contributed by atoms with van der Waals surface area (Å²) in [5.74, 6) is -0.104. The summed E-state index contributed by atoms with van der Waals surface area (Å²) in [6.07, 6.45) is 0. The zero-order valence-electron chi connectivity index (χ0n) is 5.94. The van der Waals surface area contributed by atoms with Crippen molar-refractivity contribution < 1.29 is 4.39 Å². The molecule has 0 nitrogen and oxygen atoms in total. The fourth-order valence-electron chi connectivity index (χ4n) is 0.819. The van der Waals surface area contributed by atoms with Crippen molar-refractivity contribution in [2.45, 2.75) is 10.8 Å². The molecule has 0 fully saturated rings. The van der Waals surface area contributed by atoms with Crippen molar-refractivity contribution in [3.05, 3.63) is 33.1 Å². The maximum Gasteiger partial charge on any atom is 0.127 e. The van der Waals surface area contributed by atoms with E-state index in [4.69, 9.17) is 0 Å². The third-order valence-corrected chi connectivity index (χ3v) is 2.73. The monoisotopic (exact) mass is 376 g/mol. The van der Waals surface area contributed by atoms with E-state index in [1.807, 2.05) is 13.0 Å². The van der Waals surface area contributed by atoms with Crippen LogP contribution in [0.1, 0.15) is 16.4 Å². The average Bonchev–Trinajstić information content (AvgIpc) is 1.94. The SMILES string of the molecule is CC(I)c1cc(I)ccc1F. The lowest BCUT2D eigenvalue weighted by atomic mass is 10.2. The number of hydrogen-bond donors (Lipinski definition) is 0. The second kappa shape index (κ2) is 4.02. The molecule has 0 bridgehead atoms. The second-order valence-corrected chi connectivity index (χ2v) is 5.40. The first-order chi connectivity index (χ1) is 5.11. The van der Waals surface area contributed by atoms with Gasteiger partial charge in [0.2, 0.25) is 0 Å². The zero-order valence-corrected chi connectivity index (χ0v) is 10.3. The van der Waals surface area contributed by atoms with Gasteiger partial charge in [-0.15, -0.1) is 0 Å². The molecule has 0 amide bonds. The minimum atomic E-state index is -0.104. The average molecular weight is 376 g/mol. The Morgan fingerprint density at radius 3 is 2.55 bits per heavy atom. The normalized spacial score (nSPS) is 13.1. The van der Waals surface area contributed by atoms with Crippen LogP contribution in [0.4, 0.5) is 4.39 Å². The molecule has 0 aliphatic carbocycles. The van der Waals surface area contributed by atoms with E-state index in [9.17, 15) is 4.39 Å². The van der Waals surface area contributed by atoms with Gasteiger partial charge in [-0.2, -0.15) is 0 Å². The summed E-state index contributed by atoms with van der Waals surface area (Å²) in [5.41, 5.74) is 0.789. The van der Waals surface area contributed by atoms with Crippen LogP contribution in [0, 0.1) is 9.39 Å². The van der Waals surface area contributed by atoms with Gasteiger partial charge in [0.1, 0.15) is 5.82 Å². The first-order valence-corrected chi connectivity index (χ1v) is 5.52. The molecule has 1 rings (SSSR count). The molecule has 0 saturated carbocycles. The van der Waals surface area contributed by atoms with E-state index in [2.05, 4.69) is 45.2 Å². The van der Waals surface area contributed by atoms with Crippen LogP contribution in [0.3, 0.4) is 0 Å². The molecule has 0 N–H and O–H groups in total. The van der Waals surface area contributed by atoms with Crippen molar-refractivity contribution in [1.82, 2.24) is 0 Å². The molecule has 0 aliphatic rings. The Bertz CT molecular complexity index is 258. The Morgan fingerprint density at radius 1 is 1.45 bits per heavy atom. The van der Waals surface area contributed by atoms with E-state index in [1.54, 1.807) is 6.07 Å². The smallest absolute Gasteiger partial charge is 0.127 e. The van der Waals surface area contributed by atoms with E-state index >= 15 is 0 Å². The Hall–Kier alpha value is 0.610. The summed E-state index contributed by atoms with van der Waals surface area (Å²) in [6, 6.07) is 5.18. The molecule has 0 aliphatic heterocycles. The molecule has 0 saturated heterocycles. The van der Waals surface area contributed by atoms with Crippen molar-refractivity contribution in [3.63, 3.8) is 0 Å².